The van der Waals surface area contributed by atoms with E-state index in [1.165, 1.54) is 10.6 Å². The molecule has 0 saturated carbocycles. The summed E-state index contributed by atoms with van der Waals surface area (Å²) in [7, 11) is -3.56. The summed E-state index contributed by atoms with van der Waals surface area (Å²) in [5.41, 5.74) is 2.66. The number of hydrogen-bond donors (Lipinski definition) is 0. The Morgan fingerprint density at radius 2 is 1.58 bits per heavy atom. The highest BCUT2D eigenvalue weighted by Crippen LogP contribution is 2.43. The SMILES string of the molecule is C[C@H]1C[C@@H](N(c2ccccc2)S(C)(=O)=O)c2ccccc2N1C(=O)c1ccc(Cl)cc1. The molecule has 3 aromatic carbocycles. The maximum atomic E-state index is 13.4. The minimum Gasteiger partial charge on any atom is -0.305 e. The van der Waals surface area contributed by atoms with Crippen LogP contribution in [0.25, 0.3) is 0 Å². The maximum absolute atomic E-state index is 13.4. The van der Waals surface area contributed by atoms with Crippen LogP contribution in [0.2, 0.25) is 5.02 Å². The largest absolute Gasteiger partial charge is 0.305 e. The zero-order chi connectivity index (χ0) is 22.2. The third kappa shape index (κ3) is 4.18. The number of benzene rings is 3. The predicted octanol–water partition coefficient (Wildman–Crippen LogP) is 5.29. The number of rotatable bonds is 4. The van der Waals surface area contributed by atoms with Crippen molar-refractivity contribution in [2.24, 2.45) is 0 Å². The minimum absolute atomic E-state index is 0.138. The van der Waals surface area contributed by atoms with Gasteiger partial charge in [-0.25, -0.2) is 8.42 Å². The van der Waals surface area contributed by atoms with Crippen molar-refractivity contribution in [1.29, 1.82) is 0 Å². The molecule has 0 fully saturated rings. The van der Waals surface area contributed by atoms with Crippen LogP contribution in [0.3, 0.4) is 0 Å². The van der Waals surface area contributed by atoms with E-state index < -0.39 is 16.1 Å². The molecule has 0 spiro atoms. The van der Waals surface area contributed by atoms with Crippen LogP contribution in [0.1, 0.15) is 35.3 Å². The van der Waals surface area contributed by atoms with Crippen molar-refractivity contribution in [1.82, 2.24) is 0 Å². The lowest BCUT2D eigenvalue weighted by Crippen LogP contribution is -2.47. The van der Waals surface area contributed by atoms with Gasteiger partial charge < -0.3 is 4.90 Å². The average Bonchev–Trinajstić information content (AvgIpc) is 2.74. The van der Waals surface area contributed by atoms with Crippen LogP contribution in [-0.4, -0.2) is 26.6 Å². The highest BCUT2D eigenvalue weighted by molar-refractivity contribution is 7.92. The van der Waals surface area contributed by atoms with Gasteiger partial charge in [0.15, 0.2) is 0 Å². The van der Waals surface area contributed by atoms with E-state index in [1.807, 2.05) is 49.4 Å². The molecule has 0 unspecified atom stereocenters. The van der Waals surface area contributed by atoms with Crippen molar-refractivity contribution < 1.29 is 13.2 Å². The van der Waals surface area contributed by atoms with Crippen LogP contribution in [-0.2, 0) is 10.0 Å². The normalized spacial score (nSPS) is 18.4. The minimum atomic E-state index is -3.56. The van der Waals surface area contributed by atoms with Crippen LogP contribution in [0.5, 0.6) is 0 Å². The van der Waals surface area contributed by atoms with E-state index in [9.17, 15) is 13.2 Å². The van der Waals surface area contributed by atoms with Crippen molar-refractivity contribution in [2.75, 3.05) is 15.5 Å². The first kappa shape index (κ1) is 21.4. The molecule has 1 aliphatic rings. The summed E-state index contributed by atoms with van der Waals surface area (Å²) < 4.78 is 27.2. The number of nitrogens with zero attached hydrogens (tertiary/aromatic N) is 2. The third-order valence-electron chi connectivity index (χ3n) is 5.52. The third-order valence-corrected chi connectivity index (χ3v) is 6.95. The van der Waals surface area contributed by atoms with Gasteiger partial charge in [0.2, 0.25) is 10.0 Å². The molecule has 1 heterocycles. The predicted molar refractivity (Wildman–Crippen MR) is 125 cm³/mol. The second-order valence-corrected chi connectivity index (χ2v) is 10.0. The van der Waals surface area contributed by atoms with Gasteiger partial charge >= 0.3 is 0 Å². The van der Waals surface area contributed by atoms with Crippen molar-refractivity contribution in [3.8, 4) is 0 Å². The Bertz CT molecular complexity index is 1200. The highest BCUT2D eigenvalue weighted by Gasteiger charge is 2.39. The standard InChI is InChI=1S/C24H23ClN2O3S/c1-17-16-23(27(31(2,29)30)20-8-4-3-5-9-20)21-10-6-7-11-22(21)26(17)24(28)18-12-14-19(25)15-13-18/h3-15,17,23H,16H2,1-2H3/t17-,23+/m0/s1. The van der Waals surface area contributed by atoms with Crippen molar-refractivity contribution in [2.45, 2.75) is 25.4 Å². The quantitative estimate of drug-likeness (QED) is 0.538. The monoisotopic (exact) mass is 454 g/mol. The van der Waals surface area contributed by atoms with Crippen LogP contribution in [0, 0.1) is 0 Å². The number of anilines is 2. The number of carbonyl (C=O) groups is 1. The molecule has 0 saturated heterocycles. The fourth-order valence-electron chi connectivity index (χ4n) is 4.22. The number of hydrogen-bond acceptors (Lipinski definition) is 3. The maximum Gasteiger partial charge on any atom is 0.258 e. The Balaban J connectivity index is 1.81. The van der Waals surface area contributed by atoms with Crippen LogP contribution >= 0.6 is 11.6 Å². The van der Waals surface area contributed by atoms with Crippen molar-refractivity contribution in [3.05, 3.63) is 95.0 Å². The first-order chi connectivity index (χ1) is 14.8. The number of para-hydroxylation sites is 2. The number of sulfonamides is 1. The van der Waals surface area contributed by atoms with Crippen LogP contribution in [0.4, 0.5) is 11.4 Å². The summed E-state index contributed by atoms with van der Waals surface area (Å²) in [6.07, 6.45) is 1.69. The van der Waals surface area contributed by atoms with Gasteiger partial charge in [-0.15, -0.1) is 0 Å². The number of amides is 1. The Labute approximate surface area is 187 Å². The summed E-state index contributed by atoms with van der Waals surface area (Å²) >= 11 is 5.98. The summed E-state index contributed by atoms with van der Waals surface area (Å²) in [5.74, 6) is -0.138. The second-order valence-electron chi connectivity index (χ2n) is 7.74. The molecule has 160 valence electrons. The molecule has 1 amide bonds. The summed E-state index contributed by atoms with van der Waals surface area (Å²) in [6.45, 7) is 1.95. The molecule has 31 heavy (non-hydrogen) atoms. The molecule has 7 heteroatoms. The van der Waals surface area contributed by atoms with Crippen molar-refractivity contribution >= 4 is 38.9 Å². The molecule has 0 radical (unpaired) electrons. The number of fused-ring (bicyclic) bond motifs is 1. The number of halogens is 1. The van der Waals surface area contributed by atoms with Crippen LogP contribution < -0.4 is 9.21 Å². The molecule has 3 aromatic rings. The zero-order valence-corrected chi connectivity index (χ0v) is 18.8. The average molecular weight is 455 g/mol. The molecule has 5 nitrogen and oxygen atoms in total. The zero-order valence-electron chi connectivity index (χ0n) is 17.3. The Kier molecular flexibility index (Phi) is 5.77. The lowest BCUT2D eigenvalue weighted by atomic mass is 9.90. The van der Waals surface area contributed by atoms with Gasteiger partial charge in [-0.1, -0.05) is 48.0 Å². The highest BCUT2D eigenvalue weighted by atomic mass is 35.5. The molecule has 4 rings (SSSR count). The van der Waals surface area contributed by atoms with E-state index >= 15 is 0 Å². The molecule has 0 bridgehead atoms. The van der Waals surface area contributed by atoms with E-state index in [-0.39, 0.29) is 11.9 Å². The van der Waals surface area contributed by atoms with E-state index in [0.717, 1.165) is 11.3 Å². The van der Waals surface area contributed by atoms with Crippen LogP contribution in [0.15, 0.2) is 78.9 Å². The van der Waals surface area contributed by atoms with Gasteiger partial charge in [0.1, 0.15) is 0 Å². The molecular formula is C24H23ClN2O3S. The molecular weight excluding hydrogens is 432 g/mol. The summed E-state index contributed by atoms with van der Waals surface area (Å²) in [5, 5.41) is 0.565. The Hall–Kier alpha value is -2.83. The fraction of sp³-hybridized carbons (Fsp3) is 0.208. The van der Waals surface area contributed by atoms with Gasteiger partial charge in [0.25, 0.3) is 5.91 Å². The lowest BCUT2D eigenvalue weighted by Gasteiger charge is -2.43. The molecule has 0 aromatic heterocycles. The van der Waals surface area contributed by atoms with Gasteiger partial charge in [0, 0.05) is 22.3 Å². The molecule has 0 aliphatic carbocycles. The van der Waals surface area contributed by atoms with E-state index in [4.69, 9.17) is 11.6 Å². The van der Waals surface area contributed by atoms with E-state index in [2.05, 4.69) is 0 Å². The molecule has 0 N–H and O–H groups in total. The number of carbonyl (C=O) groups excluding carboxylic acids is 1. The smallest absolute Gasteiger partial charge is 0.258 e. The van der Waals surface area contributed by atoms with Gasteiger partial charge in [-0.3, -0.25) is 9.10 Å². The first-order valence-electron chi connectivity index (χ1n) is 10.00. The fourth-order valence-corrected chi connectivity index (χ4v) is 5.51. The van der Waals surface area contributed by atoms with Gasteiger partial charge in [-0.2, -0.15) is 0 Å². The molecule has 1 aliphatic heterocycles. The second kappa shape index (κ2) is 8.36. The lowest BCUT2D eigenvalue weighted by molar-refractivity contribution is 0.0974. The van der Waals surface area contributed by atoms with E-state index in [0.29, 0.717) is 22.7 Å². The van der Waals surface area contributed by atoms with Gasteiger partial charge in [0.05, 0.1) is 18.0 Å². The Morgan fingerprint density at radius 1 is 0.968 bits per heavy atom. The first-order valence-corrected chi connectivity index (χ1v) is 12.2. The molecule has 2 atom stereocenters. The summed E-state index contributed by atoms with van der Waals surface area (Å²) in [6, 6.07) is 22.8. The van der Waals surface area contributed by atoms with Gasteiger partial charge in [-0.05, 0) is 61.4 Å². The summed E-state index contributed by atoms with van der Waals surface area (Å²) in [4.78, 5) is 15.1. The van der Waals surface area contributed by atoms with E-state index in [1.54, 1.807) is 41.3 Å². The van der Waals surface area contributed by atoms with Crippen molar-refractivity contribution in [3.63, 3.8) is 0 Å². The Morgan fingerprint density at radius 3 is 2.23 bits per heavy atom. The topological polar surface area (TPSA) is 57.7 Å².